The summed E-state index contributed by atoms with van der Waals surface area (Å²) in [5.74, 6) is 1.39. The molecule has 4 heteroatoms. The maximum atomic E-state index is 5.70. The lowest BCUT2D eigenvalue weighted by atomic mass is 10.3. The largest absolute Gasteiger partial charge is 0.368 e. The number of hydrogen-bond donors (Lipinski definition) is 1. The normalized spacial score (nSPS) is 15.1. The van der Waals surface area contributed by atoms with Gasteiger partial charge in [-0.1, -0.05) is 13.3 Å². The molecule has 0 amide bonds. The van der Waals surface area contributed by atoms with E-state index in [0.29, 0.717) is 12.0 Å². The topological polar surface area (TPSA) is 55.0 Å². The quantitative estimate of drug-likeness (QED) is 0.826. The maximum absolute atomic E-state index is 5.70. The van der Waals surface area contributed by atoms with Gasteiger partial charge in [-0.2, -0.15) is 4.98 Å². The third-order valence-corrected chi connectivity index (χ3v) is 2.89. The molecule has 0 radical (unpaired) electrons. The molecule has 1 fully saturated rings. The Bertz CT molecular complexity index is 340. The van der Waals surface area contributed by atoms with E-state index in [0.717, 1.165) is 18.1 Å². The van der Waals surface area contributed by atoms with Crippen LogP contribution in [-0.2, 0) is 0 Å². The van der Waals surface area contributed by atoms with Gasteiger partial charge in [-0.25, -0.2) is 4.98 Å². The molecule has 0 bridgehead atoms. The van der Waals surface area contributed by atoms with Crippen molar-refractivity contribution in [3.8, 4) is 0 Å². The number of hydrogen-bond acceptors (Lipinski definition) is 4. The van der Waals surface area contributed by atoms with E-state index in [2.05, 4.69) is 21.8 Å². The van der Waals surface area contributed by atoms with Gasteiger partial charge in [-0.15, -0.1) is 0 Å². The van der Waals surface area contributed by atoms with Crippen molar-refractivity contribution < 1.29 is 0 Å². The fraction of sp³-hybridized carbons (Fsp3) is 0.667. The molecule has 1 saturated carbocycles. The Morgan fingerprint density at radius 3 is 2.75 bits per heavy atom. The van der Waals surface area contributed by atoms with Gasteiger partial charge < -0.3 is 10.6 Å². The zero-order valence-corrected chi connectivity index (χ0v) is 10.1. The lowest BCUT2D eigenvalue weighted by molar-refractivity contribution is 0.703. The minimum atomic E-state index is 0.386. The van der Waals surface area contributed by atoms with Crippen LogP contribution >= 0.6 is 0 Å². The van der Waals surface area contributed by atoms with Crippen LogP contribution in [0.15, 0.2) is 6.07 Å². The number of unbranched alkanes of at least 4 members (excludes halogenated alkanes) is 1. The second kappa shape index (κ2) is 4.68. The highest BCUT2D eigenvalue weighted by Crippen LogP contribution is 2.31. The Balaban J connectivity index is 2.16. The average molecular weight is 220 g/mol. The molecule has 0 aliphatic heterocycles. The minimum Gasteiger partial charge on any atom is -0.368 e. The van der Waals surface area contributed by atoms with Crippen LogP contribution in [-0.4, -0.2) is 22.6 Å². The number of nitrogen functional groups attached to an aromatic ring is 1. The summed E-state index contributed by atoms with van der Waals surface area (Å²) in [7, 11) is 0. The fourth-order valence-corrected chi connectivity index (χ4v) is 1.92. The molecule has 1 aliphatic carbocycles. The molecule has 4 nitrogen and oxygen atoms in total. The smallest absolute Gasteiger partial charge is 0.222 e. The molecule has 0 unspecified atom stereocenters. The van der Waals surface area contributed by atoms with Gasteiger partial charge in [0.2, 0.25) is 5.95 Å². The molecule has 2 rings (SSSR count). The molecule has 1 aromatic heterocycles. The van der Waals surface area contributed by atoms with Crippen LogP contribution in [0.25, 0.3) is 0 Å². The van der Waals surface area contributed by atoms with Crippen molar-refractivity contribution >= 4 is 11.8 Å². The van der Waals surface area contributed by atoms with Gasteiger partial charge in [0.25, 0.3) is 0 Å². The van der Waals surface area contributed by atoms with Crippen LogP contribution in [0.5, 0.6) is 0 Å². The monoisotopic (exact) mass is 220 g/mol. The molecule has 1 aromatic rings. The van der Waals surface area contributed by atoms with Gasteiger partial charge in [0, 0.05) is 24.3 Å². The number of nitrogens with two attached hydrogens (primary N) is 1. The number of rotatable bonds is 5. The van der Waals surface area contributed by atoms with Crippen LogP contribution in [0.3, 0.4) is 0 Å². The van der Waals surface area contributed by atoms with Crippen LogP contribution in [0, 0.1) is 6.92 Å². The van der Waals surface area contributed by atoms with Gasteiger partial charge >= 0.3 is 0 Å². The van der Waals surface area contributed by atoms with Gasteiger partial charge in [-0.05, 0) is 26.2 Å². The third-order valence-electron chi connectivity index (χ3n) is 2.89. The Labute approximate surface area is 96.9 Å². The number of anilines is 2. The zero-order valence-electron chi connectivity index (χ0n) is 10.1. The third kappa shape index (κ3) is 2.62. The lowest BCUT2D eigenvalue weighted by Gasteiger charge is -2.23. The molecule has 0 atom stereocenters. The second-order valence-electron chi connectivity index (χ2n) is 4.50. The first-order valence-corrected chi connectivity index (χ1v) is 6.08. The number of aryl methyl sites for hydroxylation is 1. The fourth-order valence-electron chi connectivity index (χ4n) is 1.92. The summed E-state index contributed by atoms with van der Waals surface area (Å²) in [6.07, 6.45) is 4.99. The SMILES string of the molecule is CCCCN(c1cc(C)nc(N)n1)C1CC1. The molecule has 16 heavy (non-hydrogen) atoms. The highest BCUT2D eigenvalue weighted by atomic mass is 15.2. The zero-order chi connectivity index (χ0) is 11.5. The maximum Gasteiger partial charge on any atom is 0.222 e. The van der Waals surface area contributed by atoms with E-state index in [1.165, 1.54) is 25.7 Å². The van der Waals surface area contributed by atoms with Crippen molar-refractivity contribution in [3.63, 3.8) is 0 Å². The number of nitrogens with zero attached hydrogens (tertiary/aromatic N) is 3. The van der Waals surface area contributed by atoms with Crippen LogP contribution < -0.4 is 10.6 Å². The van der Waals surface area contributed by atoms with Crippen molar-refractivity contribution in [2.75, 3.05) is 17.2 Å². The first kappa shape index (κ1) is 11.2. The van der Waals surface area contributed by atoms with Gasteiger partial charge in [0.15, 0.2) is 0 Å². The predicted octanol–water partition coefficient (Wildman–Crippen LogP) is 2.14. The van der Waals surface area contributed by atoms with Gasteiger partial charge in [0.05, 0.1) is 0 Å². The first-order chi connectivity index (χ1) is 7.70. The highest BCUT2D eigenvalue weighted by molar-refractivity contribution is 5.45. The Kier molecular flexibility index (Phi) is 3.27. The van der Waals surface area contributed by atoms with Crippen LogP contribution in [0.1, 0.15) is 38.3 Å². The molecule has 2 N–H and O–H groups in total. The average Bonchev–Trinajstić information content (AvgIpc) is 3.01. The molecule has 0 spiro atoms. The van der Waals surface area contributed by atoms with E-state index in [9.17, 15) is 0 Å². The van der Waals surface area contributed by atoms with Crippen LogP contribution in [0.2, 0.25) is 0 Å². The summed E-state index contributed by atoms with van der Waals surface area (Å²) in [4.78, 5) is 10.8. The summed E-state index contributed by atoms with van der Waals surface area (Å²) in [5.41, 5.74) is 6.65. The Morgan fingerprint density at radius 2 is 2.19 bits per heavy atom. The molecule has 1 heterocycles. The van der Waals surface area contributed by atoms with E-state index >= 15 is 0 Å². The molecule has 1 aliphatic rings. The lowest BCUT2D eigenvalue weighted by Crippen LogP contribution is -2.28. The molecule has 0 saturated heterocycles. The molecule has 0 aromatic carbocycles. The Morgan fingerprint density at radius 1 is 1.44 bits per heavy atom. The summed E-state index contributed by atoms with van der Waals surface area (Å²) in [6, 6.07) is 2.71. The van der Waals surface area contributed by atoms with Gasteiger partial charge in [0.1, 0.15) is 5.82 Å². The predicted molar refractivity (Wildman–Crippen MR) is 66.5 cm³/mol. The van der Waals surface area contributed by atoms with Crippen molar-refractivity contribution in [1.82, 2.24) is 9.97 Å². The summed E-state index contributed by atoms with van der Waals surface area (Å²) >= 11 is 0. The highest BCUT2D eigenvalue weighted by Gasteiger charge is 2.29. The number of aromatic nitrogens is 2. The Hall–Kier alpha value is -1.32. The summed E-state index contributed by atoms with van der Waals surface area (Å²) in [6.45, 7) is 5.26. The van der Waals surface area contributed by atoms with E-state index in [1.807, 2.05) is 13.0 Å². The van der Waals surface area contributed by atoms with E-state index in [4.69, 9.17) is 5.73 Å². The summed E-state index contributed by atoms with van der Waals surface area (Å²) < 4.78 is 0. The molecule has 88 valence electrons. The standard InChI is InChI=1S/C12H20N4/c1-3-4-7-16(10-5-6-10)11-8-9(2)14-12(13)15-11/h8,10H,3-7H2,1-2H3,(H2,13,14,15). The van der Waals surface area contributed by atoms with E-state index in [1.54, 1.807) is 0 Å². The van der Waals surface area contributed by atoms with Crippen molar-refractivity contribution in [2.45, 2.75) is 45.6 Å². The first-order valence-electron chi connectivity index (χ1n) is 6.08. The van der Waals surface area contributed by atoms with Crippen molar-refractivity contribution in [2.24, 2.45) is 0 Å². The second-order valence-corrected chi connectivity index (χ2v) is 4.50. The van der Waals surface area contributed by atoms with E-state index < -0.39 is 0 Å². The molecular formula is C12H20N4. The summed E-state index contributed by atoms with van der Waals surface area (Å²) in [5, 5.41) is 0. The minimum absolute atomic E-state index is 0.386. The van der Waals surface area contributed by atoms with Crippen molar-refractivity contribution in [3.05, 3.63) is 11.8 Å². The molecular weight excluding hydrogens is 200 g/mol. The van der Waals surface area contributed by atoms with Crippen LogP contribution in [0.4, 0.5) is 11.8 Å². The van der Waals surface area contributed by atoms with E-state index in [-0.39, 0.29) is 0 Å². The van der Waals surface area contributed by atoms with Crippen molar-refractivity contribution in [1.29, 1.82) is 0 Å². The van der Waals surface area contributed by atoms with Gasteiger partial charge in [-0.3, -0.25) is 0 Å².